The Bertz CT molecular complexity index is 1430. The lowest BCUT2D eigenvalue weighted by Gasteiger charge is -2.19. The number of nitrogens with zero attached hydrogens (tertiary/aromatic N) is 6. The molecule has 0 radical (unpaired) electrons. The van der Waals surface area contributed by atoms with Crippen LogP contribution in [-0.4, -0.2) is 57.9 Å². The quantitative estimate of drug-likeness (QED) is 0.435. The van der Waals surface area contributed by atoms with Gasteiger partial charge in [-0.05, 0) is 50.3 Å². The molecule has 1 aliphatic rings. The molecule has 0 saturated carbocycles. The Labute approximate surface area is 199 Å². The monoisotopic (exact) mass is 476 g/mol. The van der Waals surface area contributed by atoms with Crippen LogP contribution in [0.1, 0.15) is 5.56 Å². The SMILES string of the molecule is CN(C)CC(=O)N1CCc2cc(Nc3nccc(Nc4cnc5cc(F)c(F)cc5c4)n3)cnc21. The highest BCUT2D eigenvalue weighted by molar-refractivity contribution is 5.96. The Kier molecular flexibility index (Phi) is 5.91. The summed E-state index contributed by atoms with van der Waals surface area (Å²) in [6, 6.07) is 7.44. The summed E-state index contributed by atoms with van der Waals surface area (Å²) in [5.74, 6) is -0.346. The fourth-order valence-corrected chi connectivity index (χ4v) is 3.89. The van der Waals surface area contributed by atoms with Crippen molar-refractivity contribution in [3.63, 3.8) is 0 Å². The van der Waals surface area contributed by atoms with Gasteiger partial charge in [0, 0.05) is 24.2 Å². The van der Waals surface area contributed by atoms with Gasteiger partial charge in [0.05, 0.1) is 35.8 Å². The molecule has 0 fully saturated rings. The van der Waals surface area contributed by atoms with Crippen LogP contribution in [-0.2, 0) is 11.2 Å². The van der Waals surface area contributed by atoms with Crippen LogP contribution in [0.2, 0.25) is 0 Å². The average molecular weight is 476 g/mol. The van der Waals surface area contributed by atoms with Crippen molar-refractivity contribution in [2.24, 2.45) is 0 Å². The average Bonchev–Trinajstić information content (AvgIpc) is 3.23. The first kappa shape index (κ1) is 22.5. The maximum Gasteiger partial charge on any atom is 0.242 e. The van der Waals surface area contributed by atoms with E-state index in [1.54, 1.807) is 29.4 Å². The highest BCUT2D eigenvalue weighted by Gasteiger charge is 2.26. The number of aromatic nitrogens is 4. The van der Waals surface area contributed by atoms with Gasteiger partial charge < -0.3 is 15.5 Å². The molecule has 4 heterocycles. The first-order valence-electron chi connectivity index (χ1n) is 10.9. The largest absolute Gasteiger partial charge is 0.339 e. The summed E-state index contributed by atoms with van der Waals surface area (Å²) >= 11 is 0. The standard InChI is InChI=1S/C24H22F2N8O/c1-33(2)13-22(35)34-6-4-14-7-17(12-29-23(14)34)31-24-27-5-3-21(32-24)30-16-8-15-9-18(25)19(26)10-20(15)28-11-16/h3,5,7-12H,4,6,13H2,1-2H3,(H2,27,30,31,32). The van der Waals surface area contributed by atoms with Crippen LogP contribution in [0.15, 0.2) is 48.9 Å². The molecule has 0 atom stereocenters. The number of nitrogens with one attached hydrogen (secondary N) is 2. The van der Waals surface area contributed by atoms with Crippen LogP contribution in [0.25, 0.3) is 10.9 Å². The van der Waals surface area contributed by atoms with Gasteiger partial charge in [-0.1, -0.05) is 0 Å². The third-order valence-corrected chi connectivity index (χ3v) is 5.46. The maximum absolute atomic E-state index is 13.6. The van der Waals surface area contributed by atoms with Crippen molar-refractivity contribution in [2.45, 2.75) is 6.42 Å². The molecule has 3 aromatic heterocycles. The molecular weight excluding hydrogens is 454 g/mol. The summed E-state index contributed by atoms with van der Waals surface area (Å²) in [7, 11) is 3.71. The van der Waals surface area contributed by atoms with Gasteiger partial charge in [0.1, 0.15) is 11.6 Å². The molecule has 9 nitrogen and oxygen atoms in total. The number of halogens is 2. The van der Waals surface area contributed by atoms with E-state index in [4.69, 9.17) is 0 Å². The van der Waals surface area contributed by atoms with E-state index in [0.717, 1.165) is 24.1 Å². The van der Waals surface area contributed by atoms with Crippen molar-refractivity contribution in [1.82, 2.24) is 24.8 Å². The lowest BCUT2D eigenvalue weighted by atomic mass is 10.2. The molecule has 4 aromatic rings. The number of benzene rings is 1. The van der Waals surface area contributed by atoms with Crippen molar-refractivity contribution in [3.05, 3.63) is 66.1 Å². The van der Waals surface area contributed by atoms with Gasteiger partial charge in [0.25, 0.3) is 0 Å². The molecule has 0 unspecified atom stereocenters. The first-order valence-corrected chi connectivity index (χ1v) is 10.9. The minimum absolute atomic E-state index is 0.0140. The van der Waals surface area contributed by atoms with Gasteiger partial charge in [-0.3, -0.25) is 14.7 Å². The Morgan fingerprint density at radius 2 is 1.80 bits per heavy atom. The van der Waals surface area contributed by atoms with Crippen molar-refractivity contribution in [1.29, 1.82) is 0 Å². The third kappa shape index (κ3) is 4.85. The Morgan fingerprint density at radius 3 is 2.63 bits per heavy atom. The fourth-order valence-electron chi connectivity index (χ4n) is 3.89. The molecule has 1 amide bonds. The van der Waals surface area contributed by atoms with Crippen molar-refractivity contribution >= 4 is 45.8 Å². The predicted octanol–water partition coefficient (Wildman–Crippen LogP) is 3.64. The zero-order valence-corrected chi connectivity index (χ0v) is 19.1. The fraction of sp³-hybridized carbons (Fsp3) is 0.208. The van der Waals surface area contributed by atoms with E-state index in [0.29, 0.717) is 53.0 Å². The van der Waals surface area contributed by atoms with Crippen LogP contribution in [0, 0.1) is 11.6 Å². The van der Waals surface area contributed by atoms with Gasteiger partial charge >= 0.3 is 0 Å². The summed E-state index contributed by atoms with van der Waals surface area (Å²) in [6.07, 6.45) is 5.47. The number of hydrogen-bond acceptors (Lipinski definition) is 8. The smallest absolute Gasteiger partial charge is 0.242 e. The Morgan fingerprint density at radius 1 is 1.03 bits per heavy atom. The third-order valence-electron chi connectivity index (χ3n) is 5.46. The first-order chi connectivity index (χ1) is 16.9. The van der Waals surface area contributed by atoms with Crippen LogP contribution in [0.4, 0.5) is 37.7 Å². The molecule has 5 rings (SSSR count). The summed E-state index contributed by atoms with van der Waals surface area (Å²) in [4.78, 5) is 33.3. The minimum Gasteiger partial charge on any atom is -0.339 e. The number of likely N-dealkylation sites (N-methyl/N-ethyl adjacent to an activating group) is 1. The van der Waals surface area contributed by atoms with Crippen LogP contribution < -0.4 is 15.5 Å². The second-order valence-corrected chi connectivity index (χ2v) is 8.44. The number of fused-ring (bicyclic) bond motifs is 2. The molecule has 0 spiro atoms. The van der Waals surface area contributed by atoms with Gasteiger partial charge in [-0.2, -0.15) is 4.98 Å². The van der Waals surface area contributed by atoms with Crippen LogP contribution >= 0.6 is 0 Å². The van der Waals surface area contributed by atoms with E-state index < -0.39 is 11.6 Å². The molecule has 0 bridgehead atoms. The van der Waals surface area contributed by atoms with Crippen LogP contribution in [0.3, 0.4) is 0 Å². The maximum atomic E-state index is 13.6. The van der Waals surface area contributed by atoms with Crippen molar-refractivity contribution in [2.75, 3.05) is 42.7 Å². The lowest BCUT2D eigenvalue weighted by molar-refractivity contribution is -0.119. The summed E-state index contributed by atoms with van der Waals surface area (Å²) in [6.45, 7) is 0.929. The second kappa shape index (κ2) is 9.18. The molecule has 11 heteroatoms. The molecule has 1 aromatic carbocycles. The molecular formula is C24H22F2N8O. The van der Waals surface area contributed by atoms with E-state index in [2.05, 4.69) is 30.6 Å². The predicted molar refractivity (Wildman–Crippen MR) is 129 cm³/mol. The van der Waals surface area contributed by atoms with Gasteiger partial charge in [0.15, 0.2) is 11.6 Å². The zero-order valence-electron chi connectivity index (χ0n) is 19.1. The molecule has 1 aliphatic heterocycles. The van der Waals surface area contributed by atoms with E-state index in [-0.39, 0.29) is 5.91 Å². The number of carbonyl (C=O) groups excluding carboxylic acids is 1. The molecule has 2 N–H and O–H groups in total. The number of amides is 1. The highest BCUT2D eigenvalue weighted by atomic mass is 19.2. The van der Waals surface area contributed by atoms with Crippen LogP contribution in [0.5, 0.6) is 0 Å². The topological polar surface area (TPSA) is 99.2 Å². The minimum atomic E-state index is -0.939. The Balaban J connectivity index is 1.31. The van der Waals surface area contributed by atoms with E-state index in [1.165, 1.54) is 6.20 Å². The molecule has 35 heavy (non-hydrogen) atoms. The zero-order chi connectivity index (χ0) is 24.5. The molecule has 0 aliphatic carbocycles. The normalized spacial score (nSPS) is 12.8. The highest BCUT2D eigenvalue weighted by Crippen LogP contribution is 2.29. The summed E-state index contributed by atoms with van der Waals surface area (Å²) in [5.41, 5.74) is 2.59. The van der Waals surface area contributed by atoms with E-state index in [1.807, 2.05) is 25.1 Å². The van der Waals surface area contributed by atoms with Crippen molar-refractivity contribution in [3.8, 4) is 0 Å². The van der Waals surface area contributed by atoms with Gasteiger partial charge in [-0.25, -0.2) is 18.7 Å². The van der Waals surface area contributed by atoms with E-state index in [9.17, 15) is 13.6 Å². The second-order valence-electron chi connectivity index (χ2n) is 8.44. The summed E-state index contributed by atoms with van der Waals surface area (Å²) < 4.78 is 27.0. The van der Waals surface area contributed by atoms with Gasteiger partial charge in [-0.15, -0.1) is 0 Å². The Hall–Kier alpha value is -4.25. The van der Waals surface area contributed by atoms with Crippen molar-refractivity contribution < 1.29 is 13.6 Å². The number of pyridine rings is 2. The van der Waals surface area contributed by atoms with Gasteiger partial charge in [0.2, 0.25) is 11.9 Å². The van der Waals surface area contributed by atoms with E-state index >= 15 is 0 Å². The number of rotatable bonds is 6. The lowest BCUT2D eigenvalue weighted by Crippen LogP contribution is -2.37. The molecule has 178 valence electrons. The number of anilines is 5. The molecule has 0 saturated heterocycles. The number of carbonyl (C=O) groups is 1. The number of hydrogen-bond donors (Lipinski definition) is 2. The summed E-state index contributed by atoms with van der Waals surface area (Å²) in [5, 5.41) is 6.70.